The molecule has 1 aromatic carbocycles. The molecule has 1 atom stereocenters. The Bertz CT molecular complexity index is 922. The van der Waals surface area contributed by atoms with Crippen LogP contribution in [0.25, 0.3) is 11.0 Å². The molecular weight excluding hydrogens is 340 g/mol. The van der Waals surface area contributed by atoms with E-state index in [-0.39, 0.29) is 11.8 Å². The van der Waals surface area contributed by atoms with Gasteiger partial charge in [0.15, 0.2) is 0 Å². The highest BCUT2D eigenvalue weighted by atomic mass is 16.5. The molecule has 0 saturated carbocycles. The monoisotopic (exact) mass is 364 g/mol. The number of rotatable bonds is 6. The fourth-order valence-corrected chi connectivity index (χ4v) is 3.80. The molecule has 1 aliphatic heterocycles. The Morgan fingerprint density at radius 2 is 2.11 bits per heavy atom. The molecule has 3 heterocycles. The minimum Gasteiger partial charge on any atom is -0.383 e. The molecule has 6 nitrogen and oxygen atoms in total. The van der Waals surface area contributed by atoms with E-state index in [1.807, 2.05) is 47.5 Å². The highest BCUT2D eigenvalue weighted by Gasteiger charge is 2.30. The van der Waals surface area contributed by atoms with Crippen LogP contribution in [0.5, 0.6) is 0 Å². The maximum atomic E-state index is 12.7. The SMILES string of the molecule is COCCn1c(C2CCN(C(=O)Cc3ccccc3)C2)nc2ccncc21. The Kier molecular flexibility index (Phi) is 5.16. The molecule has 0 radical (unpaired) electrons. The van der Waals surface area contributed by atoms with Crippen molar-refractivity contribution in [1.29, 1.82) is 0 Å². The number of nitrogens with zero attached hydrogens (tertiary/aromatic N) is 4. The molecule has 27 heavy (non-hydrogen) atoms. The largest absolute Gasteiger partial charge is 0.383 e. The Morgan fingerprint density at radius 1 is 1.26 bits per heavy atom. The minimum atomic E-state index is 0.185. The number of imidazole rings is 1. The first-order chi connectivity index (χ1) is 13.3. The van der Waals surface area contributed by atoms with Crippen LogP contribution in [0.2, 0.25) is 0 Å². The summed E-state index contributed by atoms with van der Waals surface area (Å²) >= 11 is 0. The van der Waals surface area contributed by atoms with E-state index in [2.05, 4.69) is 9.55 Å². The second-order valence-corrected chi connectivity index (χ2v) is 6.97. The molecule has 1 amide bonds. The summed E-state index contributed by atoms with van der Waals surface area (Å²) in [6.45, 7) is 2.86. The summed E-state index contributed by atoms with van der Waals surface area (Å²) in [5, 5.41) is 0. The van der Waals surface area contributed by atoms with Gasteiger partial charge in [-0.3, -0.25) is 9.78 Å². The third-order valence-electron chi connectivity index (χ3n) is 5.20. The lowest BCUT2D eigenvalue weighted by Gasteiger charge is -2.17. The van der Waals surface area contributed by atoms with Gasteiger partial charge in [0.1, 0.15) is 5.82 Å². The van der Waals surface area contributed by atoms with Crippen molar-refractivity contribution in [2.24, 2.45) is 0 Å². The first-order valence-corrected chi connectivity index (χ1v) is 9.37. The molecule has 2 aromatic heterocycles. The third-order valence-corrected chi connectivity index (χ3v) is 5.20. The van der Waals surface area contributed by atoms with Crippen LogP contribution in [0, 0.1) is 0 Å². The number of pyridine rings is 1. The molecule has 1 unspecified atom stereocenters. The number of fused-ring (bicyclic) bond motifs is 1. The molecule has 1 aliphatic rings. The second-order valence-electron chi connectivity index (χ2n) is 6.97. The van der Waals surface area contributed by atoms with Crippen LogP contribution in [-0.2, 0) is 22.5 Å². The van der Waals surface area contributed by atoms with E-state index in [4.69, 9.17) is 9.72 Å². The molecule has 0 spiro atoms. The zero-order valence-electron chi connectivity index (χ0n) is 15.5. The van der Waals surface area contributed by atoms with Crippen LogP contribution in [-0.4, -0.2) is 52.1 Å². The molecule has 1 fully saturated rings. The van der Waals surface area contributed by atoms with Crippen molar-refractivity contribution < 1.29 is 9.53 Å². The van der Waals surface area contributed by atoms with Crippen molar-refractivity contribution in [3.8, 4) is 0 Å². The first-order valence-electron chi connectivity index (χ1n) is 9.37. The van der Waals surface area contributed by atoms with Crippen molar-refractivity contribution in [2.75, 3.05) is 26.8 Å². The summed E-state index contributed by atoms with van der Waals surface area (Å²) in [7, 11) is 1.70. The number of methoxy groups -OCH3 is 1. The maximum absolute atomic E-state index is 12.7. The zero-order chi connectivity index (χ0) is 18.6. The number of carbonyl (C=O) groups excluding carboxylic acids is 1. The summed E-state index contributed by atoms with van der Waals surface area (Å²) in [4.78, 5) is 23.8. The molecule has 4 rings (SSSR count). The van der Waals surface area contributed by atoms with E-state index in [0.29, 0.717) is 13.0 Å². The summed E-state index contributed by atoms with van der Waals surface area (Å²) in [6, 6.07) is 11.9. The van der Waals surface area contributed by atoms with Crippen molar-refractivity contribution in [3.63, 3.8) is 0 Å². The van der Waals surface area contributed by atoms with Gasteiger partial charge in [0.25, 0.3) is 0 Å². The van der Waals surface area contributed by atoms with Gasteiger partial charge in [-0.05, 0) is 18.1 Å². The number of hydrogen-bond donors (Lipinski definition) is 0. The molecule has 3 aromatic rings. The topological polar surface area (TPSA) is 60.2 Å². The average Bonchev–Trinajstić information content (AvgIpc) is 3.32. The highest BCUT2D eigenvalue weighted by molar-refractivity contribution is 5.79. The van der Waals surface area contributed by atoms with Crippen LogP contribution in [0.3, 0.4) is 0 Å². The zero-order valence-corrected chi connectivity index (χ0v) is 15.5. The highest BCUT2D eigenvalue weighted by Crippen LogP contribution is 2.29. The Morgan fingerprint density at radius 3 is 2.93 bits per heavy atom. The van der Waals surface area contributed by atoms with E-state index in [1.165, 1.54) is 0 Å². The Labute approximate surface area is 158 Å². The third kappa shape index (κ3) is 3.71. The summed E-state index contributed by atoms with van der Waals surface area (Å²) in [6.07, 6.45) is 5.01. The van der Waals surface area contributed by atoms with Gasteiger partial charge in [0, 0.05) is 38.9 Å². The molecule has 0 N–H and O–H groups in total. The number of ether oxygens (including phenoxy) is 1. The maximum Gasteiger partial charge on any atom is 0.227 e. The molecule has 6 heteroatoms. The van der Waals surface area contributed by atoms with Gasteiger partial charge in [0.2, 0.25) is 5.91 Å². The van der Waals surface area contributed by atoms with Crippen molar-refractivity contribution in [3.05, 3.63) is 60.2 Å². The fourth-order valence-electron chi connectivity index (χ4n) is 3.80. The van der Waals surface area contributed by atoms with Crippen molar-refractivity contribution in [2.45, 2.75) is 25.3 Å². The molecule has 1 saturated heterocycles. The van der Waals surface area contributed by atoms with E-state index >= 15 is 0 Å². The van der Waals surface area contributed by atoms with Crippen LogP contribution < -0.4 is 0 Å². The number of hydrogen-bond acceptors (Lipinski definition) is 4. The van der Waals surface area contributed by atoms with Gasteiger partial charge in [-0.15, -0.1) is 0 Å². The predicted molar refractivity (Wildman–Crippen MR) is 103 cm³/mol. The number of carbonyl (C=O) groups is 1. The smallest absolute Gasteiger partial charge is 0.227 e. The number of amides is 1. The van der Waals surface area contributed by atoms with E-state index in [1.54, 1.807) is 13.3 Å². The molecule has 0 bridgehead atoms. The van der Waals surface area contributed by atoms with Gasteiger partial charge in [-0.1, -0.05) is 30.3 Å². The summed E-state index contributed by atoms with van der Waals surface area (Å²) in [5.41, 5.74) is 3.04. The summed E-state index contributed by atoms with van der Waals surface area (Å²) < 4.78 is 7.47. The first kappa shape index (κ1) is 17.7. The van der Waals surface area contributed by atoms with Gasteiger partial charge < -0.3 is 14.2 Å². The predicted octanol–water partition coefficient (Wildman–Crippen LogP) is 2.64. The molecule has 140 valence electrons. The van der Waals surface area contributed by atoms with Crippen molar-refractivity contribution in [1.82, 2.24) is 19.4 Å². The fraction of sp³-hybridized carbons (Fsp3) is 0.381. The lowest BCUT2D eigenvalue weighted by Crippen LogP contribution is -2.30. The quantitative estimate of drug-likeness (QED) is 0.675. The van der Waals surface area contributed by atoms with Crippen molar-refractivity contribution >= 4 is 16.9 Å². The number of benzene rings is 1. The van der Waals surface area contributed by atoms with Crippen LogP contribution in [0.1, 0.15) is 23.7 Å². The normalized spacial score (nSPS) is 16.9. The van der Waals surface area contributed by atoms with Gasteiger partial charge in [0.05, 0.1) is 30.3 Å². The average molecular weight is 364 g/mol. The van der Waals surface area contributed by atoms with E-state index in [0.717, 1.165) is 48.5 Å². The van der Waals surface area contributed by atoms with E-state index < -0.39 is 0 Å². The summed E-state index contributed by atoms with van der Waals surface area (Å²) in [5.74, 6) is 1.46. The van der Waals surface area contributed by atoms with Gasteiger partial charge >= 0.3 is 0 Å². The standard InChI is InChI=1S/C21H24N4O2/c1-27-12-11-25-19-14-22-9-7-18(19)23-21(25)17-8-10-24(15-17)20(26)13-16-5-3-2-4-6-16/h2-7,9,14,17H,8,10-13,15H2,1H3. The van der Waals surface area contributed by atoms with Crippen LogP contribution in [0.15, 0.2) is 48.8 Å². The Hall–Kier alpha value is -2.73. The molecule has 0 aliphatic carbocycles. The minimum absolute atomic E-state index is 0.185. The lowest BCUT2D eigenvalue weighted by molar-refractivity contribution is -0.129. The van der Waals surface area contributed by atoms with Crippen LogP contribution >= 0.6 is 0 Å². The lowest BCUT2D eigenvalue weighted by atomic mass is 10.1. The van der Waals surface area contributed by atoms with Crippen LogP contribution in [0.4, 0.5) is 0 Å². The Balaban J connectivity index is 1.52. The second kappa shape index (κ2) is 7.88. The number of aromatic nitrogens is 3. The van der Waals surface area contributed by atoms with Gasteiger partial charge in [-0.2, -0.15) is 0 Å². The van der Waals surface area contributed by atoms with E-state index in [9.17, 15) is 4.79 Å². The molecular formula is C21H24N4O2. The number of likely N-dealkylation sites (tertiary alicyclic amines) is 1. The van der Waals surface area contributed by atoms with Gasteiger partial charge in [-0.25, -0.2) is 4.98 Å².